The molecule has 1 aliphatic heterocycles. The van der Waals surface area contributed by atoms with Crippen LogP contribution in [0.25, 0.3) is 0 Å². The number of benzene rings is 1. The average Bonchev–Trinajstić information content (AvgIpc) is 2.32. The molecule has 0 spiro atoms. The van der Waals surface area contributed by atoms with Crippen molar-refractivity contribution >= 4 is 5.91 Å². The first-order chi connectivity index (χ1) is 9.62. The van der Waals surface area contributed by atoms with Gasteiger partial charge in [0, 0.05) is 18.9 Å². The Labute approximate surface area is 126 Å². The molecule has 0 bridgehead atoms. The number of aliphatic hydroxyl groups excluding tert-OH is 1. The number of carbonyl (C=O) groups is 1. The summed E-state index contributed by atoms with van der Waals surface area (Å²) in [6.07, 6.45) is 0.170. The molecular weight excluding hydrogens is 266 g/mol. The van der Waals surface area contributed by atoms with E-state index in [1.807, 2.05) is 33.8 Å². The van der Waals surface area contributed by atoms with Crippen molar-refractivity contribution in [3.8, 4) is 5.75 Å². The molecule has 0 saturated carbocycles. The highest BCUT2D eigenvalue weighted by molar-refractivity contribution is 5.74. The standard InChI is InChI=1S/C17H25NO3/c1-9-10(2)16-14(7-13(9)11(3)19)15(18-12(4)20)8-17(5,6)21-16/h7,11,15,19H,8H2,1-6H3,(H,18,20). The maximum Gasteiger partial charge on any atom is 0.217 e. The summed E-state index contributed by atoms with van der Waals surface area (Å²) in [6, 6.07) is 1.89. The van der Waals surface area contributed by atoms with E-state index in [1.165, 1.54) is 6.92 Å². The first-order valence-corrected chi connectivity index (χ1v) is 7.40. The van der Waals surface area contributed by atoms with Crippen molar-refractivity contribution in [1.29, 1.82) is 0 Å². The molecule has 1 aromatic carbocycles. The van der Waals surface area contributed by atoms with Crippen LogP contribution in [0.2, 0.25) is 0 Å². The lowest BCUT2D eigenvalue weighted by Crippen LogP contribution is -2.41. The number of fused-ring (bicyclic) bond motifs is 1. The third-order valence-corrected chi connectivity index (χ3v) is 4.19. The molecule has 116 valence electrons. The van der Waals surface area contributed by atoms with Crippen LogP contribution in [0.1, 0.15) is 68.5 Å². The van der Waals surface area contributed by atoms with E-state index in [0.717, 1.165) is 28.0 Å². The van der Waals surface area contributed by atoms with Gasteiger partial charge in [0.1, 0.15) is 11.4 Å². The SMILES string of the molecule is CC(=O)NC1CC(C)(C)Oc2c1cc(C(C)O)c(C)c2C. The Balaban J connectivity index is 2.61. The molecule has 0 saturated heterocycles. The van der Waals surface area contributed by atoms with Crippen molar-refractivity contribution in [3.63, 3.8) is 0 Å². The number of aliphatic hydroxyl groups is 1. The van der Waals surface area contributed by atoms with E-state index in [1.54, 1.807) is 6.92 Å². The Hall–Kier alpha value is -1.55. The summed E-state index contributed by atoms with van der Waals surface area (Å²) in [7, 11) is 0. The maximum absolute atomic E-state index is 11.5. The highest BCUT2D eigenvalue weighted by Crippen LogP contribution is 2.44. The molecule has 0 aromatic heterocycles. The summed E-state index contributed by atoms with van der Waals surface area (Å²) < 4.78 is 6.14. The predicted octanol–water partition coefficient (Wildman–Crippen LogP) is 3.10. The number of ether oxygens (including phenoxy) is 1. The van der Waals surface area contributed by atoms with Gasteiger partial charge in [-0.25, -0.2) is 0 Å². The minimum absolute atomic E-state index is 0.0551. The highest BCUT2D eigenvalue weighted by atomic mass is 16.5. The molecule has 21 heavy (non-hydrogen) atoms. The van der Waals surface area contributed by atoms with E-state index >= 15 is 0 Å². The van der Waals surface area contributed by atoms with Gasteiger partial charge in [-0.15, -0.1) is 0 Å². The number of amides is 1. The Bertz CT molecular complexity index is 576. The normalized spacial score (nSPS) is 21.2. The first kappa shape index (κ1) is 15.8. The van der Waals surface area contributed by atoms with E-state index in [4.69, 9.17) is 4.74 Å². The predicted molar refractivity (Wildman–Crippen MR) is 82.4 cm³/mol. The lowest BCUT2D eigenvalue weighted by atomic mass is 9.85. The summed E-state index contributed by atoms with van der Waals surface area (Å²) in [4.78, 5) is 11.5. The van der Waals surface area contributed by atoms with Crippen LogP contribution < -0.4 is 10.1 Å². The van der Waals surface area contributed by atoms with Crippen molar-refractivity contribution in [3.05, 3.63) is 28.3 Å². The van der Waals surface area contributed by atoms with Crippen LogP contribution in [0.4, 0.5) is 0 Å². The summed E-state index contributed by atoms with van der Waals surface area (Å²) in [5.74, 6) is 0.785. The van der Waals surface area contributed by atoms with E-state index in [9.17, 15) is 9.90 Å². The van der Waals surface area contributed by atoms with Crippen LogP contribution in [0.15, 0.2) is 6.07 Å². The van der Waals surface area contributed by atoms with Gasteiger partial charge in [0.2, 0.25) is 5.91 Å². The first-order valence-electron chi connectivity index (χ1n) is 7.40. The van der Waals surface area contributed by atoms with Gasteiger partial charge in [0.15, 0.2) is 0 Å². The monoisotopic (exact) mass is 291 g/mol. The molecule has 1 aromatic rings. The molecule has 0 fully saturated rings. The van der Waals surface area contributed by atoms with E-state index < -0.39 is 6.10 Å². The zero-order chi connectivity index (χ0) is 15.9. The number of hydrogen-bond donors (Lipinski definition) is 2. The van der Waals surface area contributed by atoms with Crippen molar-refractivity contribution in [2.75, 3.05) is 0 Å². The largest absolute Gasteiger partial charge is 0.487 e. The van der Waals surface area contributed by atoms with Gasteiger partial charge in [-0.2, -0.15) is 0 Å². The van der Waals surface area contributed by atoms with Crippen molar-refractivity contribution in [2.45, 2.75) is 65.7 Å². The molecule has 1 aliphatic rings. The van der Waals surface area contributed by atoms with E-state index in [2.05, 4.69) is 5.32 Å². The number of rotatable bonds is 2. The highest BCUT2D eigenvalue weighted by Gasteiger charge is 2.36. The third-order valence-electron chi connectivity index (χ3n) is 4.19. The lowest BCUT2D eigenvalue weighted by Gasteiger charge is -2.39. The smallest absolute Gasteiger partial charge is 0.217 e. The summed E-state index contributed by atoms with van der Waals surface area (Å²) in [5, 5.41) is 13.0. The second-order valence-corrected chi connectivity index (χ2v) is 6.63. The Morgan fingerprint density at radius 2 is 2.05 bits per heavy atom. The molecule has 2 atom stereocenters. The molecular formula is C17H25NO3. The second-order valence-electron chi connectivity index (χ2n) is 6.63. The van der Waals surface area contributed by atoms with Crippen molar-refractivity contribution < 1.29 is 14.6 Å². The average molecular weight is 291 g/mol. The second kappa shape index (κ2) is 5.34. The van der Waals surface area contributed by atoms with Gasteiger partial charge >= 0.3 is 0 Å². The molecule has 4 nitrogen and oxygen atoms in total. The van der Waals surface area contributed by atoms with Gasteiger partial charge in [-0.05, 0) is 57.4 Å². The van der Waals surface area contributed by atoms with Crippen molar-refractivity contribution in [2.24, 2.45) is 0 Å². The summed E-state index contributed by atoms with van der Waals surface area (Å²) in [5.41, 5.74) is 3.60. The minimum Gasteiger partial charge on any atom is -0.487 e. The zero-order valence-corrected chi connectivity index (χ0v) is 13.7. The zero-order valence-electron chi connectivity index (χ0n) is 13.7. The quantitative estimate of drug-likeness (QED) is 0.880. The summed E-state index contributed by atoms with van der Waals surface area (Å²) >= 11 is 0. The van der Waals surface area contributed by atoms with E-state index in [-0.39, 0.29) is 17.6 Å². The Kier molecular flexibility index (Phi) is 4.02. The van der Waals surface area contributed by atoms with Crippen LogP contribution in [-0.4, -0.2) is 16.6 Å². The Morgan fingerprint density at radius 3 is 2.57 bits per heavy atom. The van der Waals surface area contributed by atoms with Gasteiger partial charge < -0.3 is 15.2 Å². The van der Waals surface area contributed by atoms with Gasteiger partial charge in [-0.1, -0.05) is 0 Å². The van der Waals surface area contributed by atoms with Gasteiger partial charge in [0.25, 0.3) is 0 Å². The molecule has 2 rings (SSSR count). The van der Waals surface area contributed by atoms with Crippen molar-refractivity contribution in [1.82, 2.24) is 5.32 Å². The number of hydrogen-bond acceptors (Lipinski definition) is 3. The minimum atomic E-state index is -0.540. The Morgan fingerprint density at radius 1 is 1.43 bits per heavy atom. The summed E-state index contributed by atoms with van der Waals surface area (Å²) in [6.45, 7) is 11.3. The molecule has 1 amide bonds. The van der Waals surface area contributed by atoms with Crippen LogP contribution in [-0.2, 0) is 4.79 Å². The molecule has 0 radical (unpaired) electrons. The number of nitrogens with one attached hydrogen (secondary N) is 1. The molecule has 2 unspecified atom stereocenters. The van der Waals surface area contributed by atoms with Gasteiger partial charge in [-0.3, -0.25) is 4.79 Å². The lowest BCUT2D eigenvalue weighted by molar-refractivity contribution is -0.120. The van der Waals surface area contributed by atoms with Crippen LogP contribution in [0.3, 0.4) is 0 Å². The molecule has 2 N–H and O–H groups in total. The molecule has 0 aliphatic carbocycles. The van der Waals surface area contributed by atoms with E-state index in [0.29, 0.717) is 6.42 Å². The fourth-order valence-electron chi connectivity index (χ4n) is 3.07. The van der Waals surface area contributed by atoms with Crippen LogP contribution >= 0.6 is 0 Å². The molecule has 1 heterocycles. The van der Waals surface area contributed by atoms with Gasteiger partial charge in [0.05, 0.1) is 12.1 Å². The third kappa shape index (κ3) is 3.05. The maximum atomic E-state index is 11.5. The fourth-order valence-corrected chi connectivity index (χ4v) is 3.07. The fraction of sp³-hybridized carbons (Fsp3) is 0.588. The topological polar surface area (TPSA) is 58.6 Å². The molecule has 4 heteroatoms. The number of carbonyl (C=O) groups excluding carboxylic acids is 1. The van der Waals surface area contributed by atoms with Crippen LogP contribution in [0, 0.1) is 13.8 Å². The van der Waals surface area contributed by atoms with Crippen LogP contribution in [0.5, 0.6) is 5.75 Å².